The molecule has 8 nitrogen and oxygen atoms in total. The third-order valence-electron chi connectivity index (χ3n) is 3.80. The van der Waals surface area contributed by atoms with Gasteiger partial charge in [0.05, 0.1) is 12.8 Å². The van der Waals surface area contributed by atoms with Gasteiger partial charge in [0.2, 0.25) is 0 Å². The van der Waals surface area contributed by atoms with Crippen LogP contribution in [0.15, 0.2) is 57.2 Å². The highest BCUT2D eigenvalue weighted by Crippen LogP contribution is 2.24. The van der Waals surface area contributed by atoms with Gasteiger partial charge in [0.15, 0.2) is 22.4 Å². The molecular formula is C16H16N6O2S. The first-order valence-corrected chi connectivity index (χ1v) is 8.90. The summed E-state index contributed by atoms with van der Waals surface area (Å²) >= 11 is 1.54. The summed E-state index contributed by atoms with van der Waals surface area (Å²) in [7, 11) is 0. The molecule has 0 bridgehead atoms. The zero-order chi connectivity index (χ0) is 17.2. The Hall–Kier alpha value is -2.81. The fourth-order valence-electron chi connectivity index (χ4n) is 2.61. The second kappa shape index (κ2) is 6.60. The molecule has 0 aromatic carbocycles. The van der Waals surface area contributed by atoms with Gasteiger partial charge in [0, 0.05) is 18.5 Å². The van der Waals surface area contributed by atoms with Crippen molar-refractivity contribution in [1.29, 1.82) is 0 Å². The van der Waals surface area contributed by atoms with Crippen molar-refractivity contribution in [2.45, 2.75) is 25.2 Å². The molecule has 0 saturated heterocycles. The zero-order valence-electron chi connectivity index (χ0n) is 13.6. The third-order valence-corrected chi connectivity index (χ3v) is 4.74. The average Bonchev–Trinajstić information content (AvgIpc) is 3.35. The first-order valence-electron chi connectivity index (χ1n) is 7.92. The van der Waals surface area contributed by atoms with E-state index in [1.54, 1.807) is 24.2 Å². The summed E-state index contributed by atoms with van der Waals surface area (Å²) in [6.45, 7) is 3.27. The van der Waals surface area contributed by atoms with Crippen LogP contribution >= 0.6 is 11.8 Å². The Balaban J connectivity index is 1.50. The number of pyridine rings is 1. The topological polar surface area (TPSA) is 83.2 Å². The molecule has 4 aromatic rings. The second-order valence-electron chi connectivity index (χ2n) is 5.31. The van der Waals surface area contributed by atoms with Crippen LogP contribution in [-0.4, -0.2) is 34.7 Å². The van der Waals surface area contributed by atoms with E-state index in [2.05, 4.69) is 15.3 Å². The van der Waals surface area contributed by atoms with Gasteiger partial charge in [0.25, 0.3) is 0 Å². The van der Waals surface area contributed by atoms with Crippen molar-refractivity contribution in [1.82, 2.24) is 28.9 Å². The van der Waals surface area contributed by atoms with Gasteiger partial charge in [-0.3, -0.25) is 8.97 Å². The van der Waals surface area contributed by atoms with Crippen LogP contribution in [0.4, 0.5) is 0 Å². The van der Waals surface area contributed by atoms with E-state index in [1.165, 1.54) is 9.08 Å². The fraction of sp³-hybridized carbons (Fsp3) is 0.250. The van der Waals surface area contributed by atoms with Crippen molar-refractivity contribution in [2.75, 3.05) is 5.75 Å². The maximum Gasteiger partial charge on any atom is 0.350 e. The average molecular weight is 356 g/mol. The molecule has 4 rings (SSSR count). The largest absolute Gasteiger partial charge is 0.461 e. The summed E-state index contributed by atoms with van der Waals surface area (Å²) in [5, 5.41) is 13.6. The second-order valence-corrected chi connectivity index (χ2v) is 6.37. The highest BCUT2D eigenvalue weighted by atomic mass is 32.2. The number of hydrogen-bond acceptors (Lipinski definition) is 6. The molecule has 0 spiro atoms. The van der Waals surface area contributed by atoms with Crippen LogP contribution in [-0.2, 0) is 13.1 Å². The number of aromatic nitrogens is 6. The number of aryl methyl sites for hydroxylation is 1. The third kappa shape index (κ3) is 2.86. The van der Waals surface area contributed by atoms with Gasteiger partial charge in [-0.15, -0.1) is 15.3 Å². The lowest BCUT2D eigenvalue weighted by molar-refractivity contribution is 0.566. The molecule has 0 atom stereocenters. The minimum atomic E-state index is -0.135. The molecule has 0 saturated carbocycles. The van der Waals surface area contributed by atoms with Gasteiger partial charge in [-0.2, -0.15) is 0 Å². The van der Waals surface area contributed by atoms with E-state index in [4.69, 9.17) is 4.42 Å². The molecule has 0 N–H and O–H groups in total. The molecule has 128 valence electrons. The van der Waals surface area contributed by atoms with Gasteiger partial charge in [-0.1, -0.05) is 17.8 Å². The summed E-state index contributed by atoms with van der Waals surface area (Å²) < 4.78 is 10.4. The van der Waals surface area contributed by atoms with Crippen molar-refractivity contribution in [3.8, 4) is 11.6 Å². The summed E-state index contributed by atoms with van der Waals surface area (Å²) in [5.74, 6) is 2.07. The van der Waals surface area contributed by atoms with Gasteiger partial charge < -0.3 is 4.42 Å². The minimum Gasteiger partial charge on any atom is -0.461 e. The molecule has 0 amide bonds. The van der Waals surface area contributed by atoms with Crippen LogP contribution < -0.4 is 5.69 Å². The number of hydrogen-bond donors (Lipinski definition) is 0. The molecular weight excluding hydrogens is 340 g/mol. The van der Waals surface area contributed by atoms with Crippen molar-refractivity contribution in [3.05, 3.63) is 53.3 Å². The molecule has 4 heterocycles. The van der Waals surface area contributed by atoms with E-state index in [9.17, 15) is 4.79 Å². The predicted octanol–water partition coefficient (Wildman–Crippen LogP) is 2.16. The molecule has 0 fully saturated rings. The first kappa shape index (κ1) is 15.7. The summed E-state index contributed by atoms with van der Waals surface area (Å²) in [4.78, 5) is 12.3. The minimum absolute atomic E-state index is 0.135. The van der Waals surface area contributed by atoms with Crippen molar-refractivity contribution >= 4 is 17.4 Å². The van der Waals surface area contributed by atoms with Crippen molar-refractivity contribution < 1.29 is 4.42 Å². The molecule has 0 unspecified atom stereocenters. The maximum absolute atomic E-state index is 12.3. The van der Waals surface area contributed by atoms with E-state index in [1.807, 2.05) is 41.8 Å². The lowest BCUT2D eigenvalue weighted by atomic mass is 10.4. The zero-order valence-corrected chi connectivity index (χ0v) is 14.4. The van der Waals surface area contributed by atoms with Crippen LogP contribution in [0.3, 0.4) is 0 Å². The van der Waals surface area contributed by atoms with Gasteiger partial charge >= 0.3 is 5.69 Å². The van der Waals surface area contributed by atoms with Crippen LogP contribution in [0.1, 0.15) is 6.92 Å². The standard InChI is InChI=1S/C16H16N6O2S/c1-2-20-14(12-6-5-10-24-12)17-18-15(20)25-11-9-22-16(23)21-8-4-3-7-13(21)19-22/h3-8,10H,2,9,11H2,1H3. The Kier molecular flexibility index (Phi) is 4.14. The molecule has 25 heavy (non-hydrogen) atoms. The lowest BCUT2D eigenvalue weighted by Crippen LogP contribution is -2.22. The number of nitrogens with zero attached hydrogens (tertiary/aromatic N) is 6. The fourth-order valence-corrected chi connectivity index (χ4v) is 3.52. The van der Waals surface area contributed by atoms with Crippen molar-refractivity contribution in [2.24, 2.45) is 0 Å². The lowest BCUT2D eigenvalue weighted by Gasteiger charge is -2.05. The summed E-state index contributed by atoms with van der Waals surface area (Å²) in [5.41, 5.74) is 0.513. The van der Waals surface area contributed by atoms with E-state index >= 15 is 0 Å². The number of rotatable bonds is 6. The smallest absolute Gasteiger partial charge is 0.350 e. The Morgan fingerprint density at radius 3 is 2.88 bits per heavy atom. The van der Waals surface area contributed by atoms with E-state index in [0.717, 1.165) is 11.7 Å². The van der Waals surface area contributed by atoms with E-state index < -0.39 is 0 Å². The quantitative estimate of drug-likeness (QED) is 0.492. The van der Waals surface area contributed by atoms with Crippen LogP contribution in [0.5, 0.6) is 0 Å². The highest BCUT2D eigenvalue weighted by Gasteiger charge is 2.15. The number of fused-ring (bicyclic) bond motifs is 1. The molecule has 0 radical (unpaired) electrons. The Morgan fingerprint density at radius 2 is 2.12 bits per heavy atom. The van der Waals surface area contributed by atoms with Crippen LogP contribution in [0.25, 0.3) is 17.2 Å². The Morgan fingerprint density at radius 1 is 1.20 bits per heavy atom. The van der Waals surface area contributed by atoms with Gasteiger partial charge in [-0.05, 0) is 31.2 Å². The Bertz CT molecular complexity index is 1050. The van der Waals surface area contributed by atoms with E-state index in [-0.39, 0.29) is 5.69 Å². The highest BCUT2D eigenvalue weighted by molar-refractivity contribution is 7.99. The predicted molar refractivity (Wildman–Crippen MR) is 93.6 cm³/mol. The summed E-state index contributed by atoms with van der Waals surface area (Å²) in [6, 6.07) is 9.18. The molecule has 0 aliphatic rings. The summed E-state index contributed by atoms with van der Waals surface area (Å²) in [6.07, 6.45) is 3.34. The first-order chi connectivity index (χ1) is 12.3. The Labute approximate surface area is 147 Å². The van der Waals surface area contributed by atoms with Crippen molar-refractivity contribution in [3.63, 3.8) is 0 Å². The SMILES string of the molecule is CCn1c(SCCn2nc3ccccn3c2=O)nnc1-c1ccco1. The normalized spacial score (nSPS) is 11.4. The van der Waals surface area contributed by atoms with Gasteiger partial charge in [-0.25, -0.2) is 9.48 Å². The van der Waals surface area contributed by atoms with Crippen LogP contribution in [0.2, 0.25) is 0 Å². The molecule has 4 aromatic heterocycles. The van der Waals surface area contributed by atoms with Gasteiger partial charge in [0.1, 0.15) is 0 Å². The molecule has 0 aliphatic heterocycles. The molecule has 9 heteroatoms. The number of thioether (sulfide) groups is 1. The molecule has 0 aliphatic carbocycles. The van der Waals surface area contributed by atoms with E-state index in [0.29, 0.717) is 29.5 Å². The monoisotopic (exact) mass is 356 g/mol. The number of furan rings is 1. The van der Waals surface area contributed by atoms with Crippen LogP contribution in [0, 0.1) is 0 Å². The maximum atomic E-state index is 12.3.